The van der Waals surface area contributed by atoms with E-state index in [1.54, 1.807) is 0 Å². The summed E-state index contributed by atoms with van der Waals surface area (Å²) in [5.41, 5.74) is 0. The standard InChI is InChI=1S/C9H14N2O4S/c1-15-7-8(6-12)11-16(13,14)9-3-2-4-10-5-9/h2-5,8,11-12H,6-7H2,1H3. The average molecular weight is 246 g/mol. The van der Waals surface area contributed by atoms with Crippen molar-refractivity contribution >= 4 is 10.0 Å². The Kier molecular flexibility index (Phi) is 4.81. The molecule has 0 bridgehead atoms. The van der Waals surface area contributed by atoms with E-state index in [0.717, 1.165) is 0 Å². The van der Waals surface area contributed by atoms with Crippen LogP contribution in [0.5, 0.6) is 0 Å². The molecular formula is C9H14N2O4S. The maximum atomic E-state index is 11.8. The number of nitrogens with zero attached hydrogens (tertiary/aromatic N) is 1. The van der Waals surface area contributed by atoms with Gasteiger partial charge in [0, 0.05) is 19.5 Å². The monoisotopic (exact) mass is 246 g/mol. The Morgan fingerprint density at radius 3 is 2.88 bits per heavy atom. The smallest absolute Gasteiger partial charge is 0.242 e. The number of nitrogens with one attached hydrogen (secondary N) is 1. The zero-order valence-electron chi connectivity index (χ0n) is 8.83. The van der Waals surface area contributed by atoms with Gasteiger partial charge in [-0.2, -0.15) is 0 Å². The van der Waals surface area contributed by atoms with Crippen molar-refractivity contribution < 1.29 is 18.3 Å². The van der Waals surface area contributed by atoms with Crippen LogP contribution in [-0.2, 0) is 14.8 Å². The lowest BCUT2D eigenvalue weighted by atomic mass is 10.4. The third-order valence-corrected chi connectivity index (χ3v) is 3.36. The van der Waals surface area contributed by atoms with Gasteiger partial charge in [-0.25, -0.2) is 13.1 Å². The predicted molar refractivity (Wildman–Crippen MR) is 57.3 cm³/mol. The molecule has 1 unspecified atom stereocenters. The summed E-state index contributed by atoms with van der Waals surface area (Å²) in [4.78, 5) is 3.78. The van der Waals surface area contributed by atoms with Gasteiger partial charge in [0.05, 0.1) is 19.3 Å². The minimum Gasteiger partial charge on any atom is -0.395 e. The molecule has 7 heteroatoms. The van der Waals surface area contributed by atoms with Crippen molar-refractivity contribution in [2.75, 3.05) is 20.3 Å². The number of pyridine rings is 1. The lowest BCUT2D eigenvalue weighted by molar-refractivity contribution is 0.139. The van der Waals surface area contributed by atoms with Gasteiger partial charge in [0.15, 0.2) is 0 Å². The first kappa shape index (κ1) is 13.0. The van der Waals surface area contributed by atoms with Crippen molar-refractivity contribution in [3.8, 4) is 0 Å². The Balaban J connectivity index is 2.79. The fourth-order valence-corrected chi connectivity index (χ4v) is 2.29. The summed E-state index contributed by atoms with van der Waals surface area (Å²) < 4.78 is 30.6. The highest BCUT2D eigenvalue weighted by Gasteiger charge is 2.19. The van der Waals surface area contributed by atoms with Gasteiger partial charge in [-0.05, 0) is 12.1 Å². The Labute approximate surface area is 94.3 Å². The van der Waals surface area contributed by atoms with E-state index in [1.165, 1.54) is 31.6 Å². The number of hydrogen-bond acceptors (Lipinski definition) is 5. The summed E-state index contributed by atoms with van der Waals surface area (Å²) in [7, 11) is -2.21. The van der Waals surface area contributed by atoms with Crippen molar-refractivity contribution in [1.82, 2.24) is 9.71 Å². The van der Waals surface area contributed by atoms with E-state index < -0.39 is 16.1 Å². The molecule has 1 rings (SSSR count). The van der Waals surface area contributed by atoms with Crippen LogP contribution in [0, 0.1) is 0 Å². The molecule has 0 amide bonds. The lowest BCUT2D eigenvalue weighted by Gasteiger charge is -2.15. The Bertz CT molecular complexity index is 407. The molecule has 6 nitrogen and oxygen atoms in total. The van der Waals surface area contributed by atoms with E-state index >= 15 is 0 Å². The van der Waals surface area contributed by atoms with Gasteiger partial charge in [-0.1, -0.05) is 0 Å². The SMILES string of the molecule is COCC(CO)NS(=O)(=O)c1cccnc1. The third kappa shape index (κ3) is 3.53. The first-order valence-corrected chi connectivity index (χ1v) is 6.10. The molecule has 0 radical (unpaired) electrons. The van der Waals surface area contributed by atoms with Crippen LogP contribution in [0.3, 0.4) is 0 Å². The Hall–Kier alpha value is -1.02. The predicted octanol–water partition coefficient (Wildman–Crippen LogP) is -0.633. The molecule has 0 aliphatic carbocycles. The van der Waals surface area contributed by atoms with Gasteiger partial charge >= 0.3 is 0 Å². The molecule has 0 fully saturated rings. The number of hydrogen-bond donors (Lipinski definition) is 2. The van der Waals surface area contributed by atoms with Crippen molar-refractivity contribution in [3.63, 3.8) is 0 Å². The van der Waals surface area contributed by atoms with Crippen LogP contribution in [0.4, 0.5) is 0 Å². The van der Waals surface area contributed by atoms with Crippen LogP contribution in [0.25, 0.3) is 0 Å². The maximum Gasteiger partial charge on any atom is 0.242 e. The maximum absolute atomic E-state index is 11.8. The molecule has 90 valence electrons. The molecule has 0 spiro atoms. The highest BCUT2D eigenvalue weighted by molar-refractivity contribution is 7.89. The molecule has 16 heavy (non-hydrogen) atoms. The second-order valence-electron chi connectivity index (χ2n) is 3.14. The second kappa shape index (κ2) is 5.90. The van der Waals surface area contributed by atoms with Gasteiger partial charge in [-0.15, -0.1) is 0 Å². The molecule has 1 atom stereocenters. The topological polar surface area (TPSA) is 88.5 Å². The molecule has 0 saturated carbocycles. The zero-order valence-corrected chi connectivity index (χ0v) is 9.64. The van der Waals surface area contributed by atoms with E-state index in [4.69, 9.17) is 9.84 Å². The summed E-state index contributed by atoms with van der Waals surface area (Å²) in [5.74, 6) is 0. The van der Waals surface area contributed by atoms with E-state index in [2.05, 4.69) is 9.71 Å². The molecule has 0 saturated heterocycles. The minimum absolute atomic E-state index is 0.0598. The Morgan fingerprint density at radius 1 is 1.62 bits per heavy atom. The summed E-state index contributed by atoms with van der Waals surface area (Å²) in [6.45, 7) is -0.219. The Morgan fingerprint density at radius 2 is 2.38 bits per heavy atom. The van der Waals surface area contributed by atoms with Crippen LogP contribution in [0.1, 0.15) is 0 Å². The fourth-order valence-electron chi connectivity index (χ4n) is 1.12. The molecule has 1 heterocycles. The average Bonchev–Trinajstić information content (AvgIpc) is 2.29. The van der Waals surface area contributed by atoms with E-state index in [1.807, 2.05) is 0 Å². The van der Waals surface area contributed by atoms with Crippen molar-refractivity contribution in [3.05, 3.63) is 24.5 Å². The number of aliphatic hydroxyl groups excluding tert-OH is 1. The van der Waals surface area contributed by atoms with E-state index in [0.29, 0.717) is 0 Å². The normalized spacial score (nSPS) is 13.6. The van der Waals surface area contributed by atoms with Gasteiger partial charge in [0.25, 0.3) is 0 Å². The minimum atomic E-state index is -3.65. The number of aliphatic hydroxyl groups is 1. The van der Waals surface area contributed by atoms with E-state index in [-0.39, 0.29) is 18.1 Å². The second-order valence-corrected chi connectivity index (χ2v) is 4.86. The summed E-state index contributed by atoms with van der Waals surface area (Å²) in [5, 5.41) is 8.94. The van der Waals surface area contributed by atoms with Gasteiger partial charge in [0.1, 0.15) is 4.90 Å². The molecular weight excluding hydrogens is 232 g/mol. The number of sulfonamides is 1. The van der Waals surface area contributed by atoms with Crippen molar-refractivity contribution in [1.29, 1.82) is 0 Å². The molecule has 1 aromatic heterocycles. The van der Waals surface area contributed by atoms with Crippen molar-refractivity contribution in [2.24, 2.45) is 0 Å². The van der Waals surface area contributed by atoms with Crippen LogP contribution in [0.2, 0.25) is 0 Å². The molecule has 1 aromatic rings. The third-order valence-electron chi connectivity index (χ3n) is 1.85. The molecule has 0 aliphatic heterocycles. The number of methoxy groups -OCH3 is 1. The van der Waals surface area contributed by atoms with E-state index in [9.17, 15) is 8.42 Å². The quantitative estimate of drug-likeness (QED) is 0.697. The first-order chi connectivity index (χ1) is 7.60. The highest BCUT2D eigenvalue weighted by atomic mass is 32.2. The lowest BCUT2D eigenvalue weighted by Crippen LogP contribution is -2.40. The summed E-state index contributed by atoms with van der Waals surface area (Å²) >= 11 is 0. The highest BCUT2D eigenvalue weighted by Crippen LogP contribution is 2.06. The molecule has 0 aromatic carbocycles. The summed E-state index contributed by atoms with van der Waals surface area (Å²) in [6.07, 6.45) is 2.72. The fraction of sp³-hybridized carbons (Fsp3) is 0.444. The number of rotatable bonds is 6. The molecule has 0 aliphatic rings. The van der Waals surface area contributed by atoms with Gasteiger partial charge < -0.3 is 9.84 Å². The number of aromatic nitrogens is 1. The van der Waals surface area contributed by atoms with Crippen LogP contribution in [-0.4, -0.2) is 44.9 Å². The van der Waals surface area contributed by atoms with Crippen LogP contribution < -0.4 is 4.72 Å². The molecule has 2 N–H and O–H groups in total. The number of ether oxygens (including phenoxy) is 1. The zero-order chi connectivity index (χ0) is 12.0. The summed E-state index contributed by atoms with van der Waals surface area (Å²) in [6, 6.07) is 2.30. The van der Waals surface area contributed by atoms with Crippen LogP contribution >= 0.6 is 0 Å². The largest absolute Gasteiger partial charge is 0.395 e. The van der Waals surface area contributed by atoms with Crippen LogP contribution in [0.15, 0.2) is 29.4 Å². The first-order valence-electron chi connectivity index (χ1n) is 4.62. The van der Waals surface area contributed by atoms with Gasteiger partial charge in [0.2, 0.25) is 10.0 Å². The van der Waals surface area contributed by atoms with Gasteiger partial charge in [-0.3, -0.25) is 4.98 Å². The van der Waals surface area contributed by atoms with Crippen molar-refractivity contribution in [2.45, 2.75) is 10.9 Å².